The number of amides is 1. The lowest BCUT2D eigenvalue weighted by Gasteiger charge is -2.10. The minimum absolute atomic E-state index is 0.0946. The number of carbonyl (C=O) groups is 1. The zero-order valence-corrected chi connectivity index (χ0v) is 18.4. The number of hydrogen-bond acceptors (Lipinski definition) is 4. The Kier molecular flexibility index (Phi) is 6.07. The van der Waals surface area contributed by atoms with Crippen LogP contribution in [0.2, 0.25) is 5.02 Å². The van der Waals surface area contributed by atoms with E-state index in [1.165, 1.54) is 22.8 Å². The summed E-state index contributed by atoms with van der Waals surface area (Å²) in [5.41, 5.74) is 1.72. The summed E-state index contributed by atoms with van der Waals surface area (Å²) in [6, 6.07) is 15.9. The number of aromatic amines is 1. The number of hydrogen-bond donors (Lipinski definition) is 2. The molecule has 9 heteroatoms. The third-order valence-corrected chi connectivity index (χ3v) is 5.53. The molecule has 6 nitrogen and oxygen atoms in total. The average molecular weight is 470 g/mol. The minimum atomic E-state index is -0.575. The number of halogens is 2. The van der Waals surface area contributed by atoms with Crippen molar-refractivity contribution >= 4 is 46.3 Å². The fourth-order valence-corrected chi connectivity index (χ4v) is 3.67. The predicted octanol–water partition coefficient (Wildman–Crippen LogP) is 5.16. The van der Waals surface area contributed by atoms with Crippen LogP contribution in [0.3, 0.4) is 0 Å². The van der Waals surface area contributed by atoms with Crippen LogP contribution in [-0.4, -0.2) is 22.6 Å². The van der Waals surface area contributed by atoms with Crippen LogP contribution in [0.25, 0.3) is 10.9 Å². The molecule has 0 unspecified atom stereocenters. The lowest BCUT2D eigenvalue weighted by molar-refractivity contribution is 0.102. The smallest absolute Gasteiger partial charge is 0.262 e. The van der Waals surface area contributed by atoms with Crippen LogP contribution in [-0.2, 0) is 6.54 Å². The molecule has 0 aliphatic carbocycles. The number of nitrogens with one attached hydrogen (secondary N) is 2. The minimum Gasteiger partial charge on any atom is -0.497 e. The Labute approximate surface area is 192 Å². The van der Waals surface area contributed by atoms with E-state index in [9.17, 15) is 14.0 Å². The largest absolute Gasteiger partial charge is 0.497 e. The summed E-state index contributed by atoms with van der Waals surface area (Å²) in [5.74, 6) is -0.288. The molecule has 4 rings (SSSR count). The first kappa shape index (κ1) is 21.7. The van der Waals surface area contributed by atoms with E-state index in [1.54, 1.807) is 25.3 Å². The molecule has 0 fully saturated rings. The first-order chi connectivity index (χ1) is 15.4. The molecule has 2 N–H and O–H groups in total. The van der Waals surface area contributed by atoms with E-state index in [2.05, 4.69) is 10.3 Å². The molecule has 0 radical (unpaired) electrons. The fraction of sp³-hybridized carbons (Fsp3) is 0.0870. The first-order valence-electron chi connectivity index (χ1n) is 9.52. The van der Waals surface area contributed by atoms with Crippen LogP contribution in [0.15, 0.2) is 65.5 Å². The molecular formula is C23H17ClFN3O3S. The predicted molar refractivity (Wildman–Crippen MR) is 125 cm³/mol. The van der Waals surface area contributed by atoms with Crippen LogP contribution in [0.5, 0.6) is 5.75 Å². The van der Waals surface area contributed by atoms with Crippen molar-refractivity contribution in [3.63, 3.8) is 0 Å². The van der Waals surface area contributed by atoms with Crippen LogP contribution < -0.4 is 15.6 Å². The Morgan fingerprint density at radius 3 is 2.59 bits per heavy atom. The molecule has 0 aliphatic heterocycles. The second-order valence-electron chi connectivity index (χ2n) is 7.01. The molecule has 0 spiro atoms. The van der Waals surface area contributed by atoms with Crippen molar-refractivity contribution in [1.82, 2.24) is 9.55 Å². The Bertz CT molecular complexity index is 1450. The average Bonchev–Trinajstić information content (AvgIpc) is 2.79. The summed E-state index contributed by atoms with van der Waals surface area (Å²) in [5, 5.41) is 2.95. The van der Waals surface area contributed by atoms with Crippen molar-refractivity contribution in [2.45, 2.75) is 6.54 Å². The summed E-state index contributed by atoms with van der Waals surface area (Å²) in [6.07, 6.45) is 0. The Hall–Kier alpha value is -3.49. The van der Waals surface area contributed by atoms with Gasteiger partial charge in [0.25, 0.3) is 11.5 Å². The number of H-pyrrole nitrogens is 1. The first-order valence-corrected chi connectivity index (χ1v) is 10.3. The van der Waals surface area contributed by atoms with Gasteiger partial charge in [-0.05, 0) is 66.3 Å². The van der Waals surface area contributed by atoms with Crippen LogP contribution in [0, 0.1) is 10.6 Å². The molecule has 0 saturated carbocycles. The molecule has 0 aliphatic rings. The van der Waals surface area contributed by atoms with Gasteiger partial charge in [0.2, 0.25) is 0 Å². The van der Waals surface area contributed by atoms with Gasteiger partial charge in [-0.3, -0.25) is 14.2 Å². The number of methoxy groups -OCH3 is 1. The fourth-order valence-electron chi connectivity index (χ4n) is 3.23. The van der Waals surface area contributed by atoms with Crippen molar-refractivity contribution in [2.24, 2.45) is 0 Å². The summed E-state index contributed by atoms with van der Waals surface area (Å²) >= 11 is 11.1. The third-order valence-electron chi connectivity index (χ3n) is 4.92. The summed E-state index contributed by atoms with van der Waals surface area (Å²) < 4.78 is 20.2. The monoisotopic (exact) mass is 469 g/mol. The zero-order valence-electron chi connectivity index (χ0n) is 16.8. The number of anilines is 1. The molecule has 1 amide bonds. The van der Waals surface area contributed by atoms with Gasteiger partial charge < -0.3 is 15.0 Å². The quantitative estimate of drug-likeness (QED) is 0.396. The van der Waals surface area contributed by atoms with E-state index in [0.717, 1.165) is 11.3 Å². The lowest BCUT2D eigenvalue weighted by atomic mass is 10.1. The van der Waals surface area contributed by atoms with Crippen molar-refractivity contribution in [2.75, 3.05) is 12.4 Å². The van der Waals surface area contributed by atoms with E-state index < -0.39 is 11.7 Å². The van der Waals surface area contributed by atoms with Crippen LogP contribution >= 0.6 is 23.8 Å². The second-order valence-corrected chi connectivity index (χ2v) is 7.81. The van der Waals surface area contributed by atoms with Gasteiger partial charge in [0.1, 0.15) is 11.6 Å². The summed E-state index contributed by atoms with van der Waals surface area (Å²) in [6.45, 7) is 0.293. The molecule has 1 heterocycles. The number of rotatable bonds is 5. The summed E-state index contributed by atoms with van der Waals surface area (Å²) in [7, 11) is 1.59. The highest BCUT2D eigenvalue weighted by molar-refractivity contribution is 7.71. The number of fused-ring (bicyclic) bond motifs is 1. The maximum Gasteiger partial charge on any atom is 0.262 e. The molecule has 3 aromatic carbocycles. The number of ether oxygens (including phenoxy) is 1. The van der Waals surface area contributed by atoms with Crippen LogP contribution in [0.4, 0.5) is 10.1 Å². The van der Waals surface area contributed by atoms with Gasteiger partial charge in [0, 0.05) is 11.3 Å². The number of benzene rings is 3. The van der Waals surface area contributed by atoms with Gasteiger partial charge in [-0.15, -0.1) is 0 Å². The highest BCUT2D eigenvalue weighted by atomic mass is 35.5. The number of aromatic nitrogens is 2. The molecule has 0 saturated heterocycles. The van der Waals surface area contributed by atoms with Crippen molar-refractivity contribution in [3.8, 4) is 5.75 Å². The normalized spacial score (nSPS) is 10.8. The van der Waals surface area contributed by atoms with Crippen LogP contribution in [0.1, 0.15) is 15.9 Å². The Morgan fingerprint density at radius 2 is 1.91 bits per heavy atom. The number of nitrogens with zero attached hydrogens (tertiary/aromatic N) is 1. The van der Waals surface area contributed by atoms with E-state index in [0.29, 0.717) is 28.7 Å². The maximum absolute atomic E-state index is 13.3. The molecule has 32 heavy (non-hydrogen) atoms. The SMILES string of the molecule is COc1ccc(Cn2c(=S)[nH]c3cc(C(=O)Nc4ccc(F)c(Cl)c4)ccc3c2=O)cc1. The third kappa shape index (κ3) is 4.42. The standard InChI is InChI=1S/C23H17ClFN3O3S/c1-31-16-6-2-13(3-7-16)12-28-22(30)17-8-4-14(10-20(17)27-23(28)32)21(29)26-15-5-9-19(25)18(24)11-15/h2-11H,12H2,1H3,(H,26,29)(H,27,32). The van der Waals surface area contributed by atoms with Gasteiger partial charge in [-0.1, -0.05) is 23.7 Å². The van der Waals surface area contributed by atoms with E-state index in [1.807, 2.05) is 24.3 Å². The second kappa shape index (κ2) is 8.94. The molecule has 4 aromatic rings. The maximum atomic E-state index is 13.3. The molecule has 1 aromatic heterocycles. The number of carbonyl (C=O) groups excluding carboxylic acids is 1. The highest BCUT2D eigenvalue weighted by Gasteiger charge is 2.12. The van der Waals surface area contributed by atoms with Gasteiger partial charge in [-0.25, -0.2) is 4.39 Å². The van der Waals surface area contributed by atoms with Crippen molar-refractivity contribution in [1.29, 1.82) is 0 Å². The Morgan fingerprint density at radius 1 is 1.16 bits per heavy atom. The zero-order chi connectivity index (χ0) is 22.8. The molecule has 162 valence electrons. The highest BCUT2D eigenvalue weighted by Crippen LogP contribution is 2.20. The summed E-state index contributed by atoms with van der Waals surface area (Å²) in [4.78, 5) is 28.6. The van der Waals surface area contributed by atoms with E-state index in [4.69, 9.17) is 28.6 Å². The molecular weight excluding hydrogens is 453 g/mol. The van der Waals surface area contributed by atoms with E-state index in [-0.39, 0.29) is 15.4 Å². The molecule has 0 atom stereocenters. The molecule has 0 bridgehead atoms. The van der Waals surface area contributed by atoms with Gasteiger partial charge >= 0.3 is 0 Å². The van der Waals surface area contributed by atoms with Gasteiger partial charge in [0.15, 0.2) is 4.77 Å². The Balaban J connectivity index is 1.64. The van der Waals surface area contributed by atoms with Crippen molar-refractivity contribution in [3.05, 3.63) is 97.8 Å². The lowest BCUT2D eigenvalue weighted by Crippen LogP contribution is -2.23. The topological polar surface area (TPSA) is 76.1 Å². The van der Waals surface area contributed by atoms with Gasteiger partial charge in [-0.2, -0.15) is 0 Å². The van der Waals surface area contributed by atoms with Crippen molar-refractivity contribution < 1.29 is 13.9 Å². The van der Waals surface area contributed by atoms with Gasteiger partial charge in [0.05, 0.1) is 29.6 Å². The van der Waals surface area contributed by atoms with E-state index >= 15 is 0 Å².